The van der Waals surface area contributed by atoms with Crippen molar-refractivity contribution in [2.75, 3.05) is 0 Å². The highest BCUT2D eigenvalue weighted by atomic mass is 32.2. The van der Waals surface area contributed by atoms with Crippen molar-refractivity contribution in [3.8, 4) is 0 Å². The number of primary sulfonamides is 1. The van der Waals surface area contributed by atoms with E-state index in [1.807, 2.05) is 0 Å². The molecule has 6 heteroatoms. The van der Waals surface area contributed by atoms with Crippen LogP contribution in [0.2, 0.25) is 0 Å². The van der Waals surface area contributed by atoms with Gasteiger partial charge >= 0.3 is 5.97 Å². The summed E-state index contributed by atoms with van der Waals surface area (Å²) in [7, 11) is -3.89. The van der Waals surface area contributed by atoms with Gasteiger partial charge in [0.15, 0.2) is 4.75 Å². The molecule has 0 aromatic rings. The Bertz CT molecular complexity index is 263. The van der Waals surface area contributed by atoms with Gasteiger partial charge in [-0.2, -0.15) is 0 Å². The normalized spacial score (nSPS) is 22.1. The van der Waals surface area contributed by atoms with Crippen LogP contribution in [0.5, 0.6) is 0 Å². The maximum atomic E-state index is 10.6. The molecule has 0 aliphatic heterocycles. The van der Waals surface area contributed by atoms with E-state index in [0.29, 0.717) is 0 Å². The summed E-state index contributed by atoms with van der Waals surface area (Å²) in [5.74, 6) is -1.34. The van der Waals surface area contributed by atoms with Gasteiger partial charge in [-0.1, -0.05) is 0 Å². The molecule has 1 fully saturated rings. The van der Waals surface area contributed by atoms with Crippen LogP contribution in [-0.4, -0.2) is 24.2 Å². The van der Waals surface area contributed by atoms with Crippen LogP contribution in [0.1, 0.15) is 12.8 Å². The molecule has 5 nitrogen and oxygen atoms in total. The zero-order chi connectivity index (χ0) is 7.99. The van der Waals surface area contributed by atoms with E-state index in [9.17, 15) is 13.2 Å². The molecule has 58 valence electrons. The highest BCUT2D eigenvalue weighted by molar-refractivity contribution is 7.91. The van der Waals surface area contributed by atoms with Crippen LogP contribution in [0.25, 0.3) is 0 Å². The number of sulfonamides is 1. The average molecular weight is 165 g/mol. The second-order valence-corrected chi connectivity index (χ2v) is 4.22. The first-order valence-corrected chi connectivity index (χ1v) is 4.20. The van der Waals surface area contributed by atoms with Crippen LogP contribution in [-0.2, 0) is 14.8 Å². The highest BCUT2D eigenvalue weighted by Crippen LogP contribution is 2.41. The van der Waals surface area contributed by atoms with Gasteiger partial charge in [0.05, 0.1) is 0 Å². The minimum atomic E-state index is -3.89. The van der Waals surface area contributed by atoms with Crippen LogP contribution in [0.15, 0.2) is 0 Å². The molecular weight excluding hydrogens is 158 g/mol. The molecule has 1 aliphatic rings. The molecule has 0 aromatic carbocycles. The summed E-state index contributed by atoms with van der Waals surface area (Å²) >= 11 is 0. The zero-order valence-corrected chi connectivity index (χ0v) is 5.89. The molecule has 0 unspecified atom stereocenters. The van der Waals surface area contributed by atoms with Crippen molar-refractivity contribution in [3.63, 3.8) is 0 Å². The van der Waals surface area contributed by atoms with Crippen LogP contribution in [0.4, 0.5) is 0 Å². The number of carboxylic acids is 1. The van der Waals surface area contributed by atoms with Gasteiger partial charge in [0.1, 0.15) is 0 Å². The van der Waals surface area contributed by atoms with Gasteiger partial charge in [-0.15, -0.1) is 0 Å². The SMILES string of the molecule is NS(=O)(=O)C1(C(=O)O)CC1. The molecule has 1 rings (SSSR count). The lowest BCUT2D eigenvalue weighted by Crippen LogP contribution is -2.37. The van der Waals surface area contributed by atoms with E-state index < -0.39 is 20.7 Å². The lowest BCUT2D eigenvalue weighted by Gasteiger charge is -2.03. The molecule has 3 N–H and O–H groups in total. The Hall–Kier alpha value is -0.620. The quantitative estimate of drug-likeness (QED) is 0.542. The lowest BCUT2D eigenvalue weighted by molar-refractivity contribution is -0.137. The second-order valence-electron chi connectivity index (χ2n) is 2.34. The topological polar surface area (TPSA) is 97.5 Å². The van der Waals surface area contributed by atoms with Crippen molar-refractivity contribution in [2.24, 2.45) is 5.14 Å². The average Bonchev–Trinajstić information content (AvgIpc) is 2.36. The van der Waals surface area contributed by atoms with Gasteiger partial charge in [-0.25, -0.2) is 13.6 Å². The molecule has 0 bridgehead atoms. The minimum absolute atomic E-state index is 0.140. The predicted octanol–water partition coefficient (Wildman–Crippen LogP) is -1.11. The lowest BCUT2D eigenvalue weighted by atomic mass is 10.4. The fourth-order valence-electron chi connectivity index (χ4n) is 0.734. The molecule has 1 aliphatic carbocycles. The Balaban J connectivity index is 3.02. The third-order valence-electron chi connectivity index (χ3n) is 1.64. The van der Waals surface area contributed by atoms with Crippen LogP contribution >= 0.6 is 0 Å². The van der Waals surface area contributed by atoms with E-state index >= 15 is 0 Å². The molecule has 0 amide bonds. The second kappa shape index (κ2) is 1.70. The first-order chi connectivity index (χ1) is 4.40. The fourth-order valence-corrected chi connectivity index (χ4v) is 1.65. The number of aliphatic carboxylic acids is 1. The highest BCUT2D eigenvalue weighted by Gasteiger charge is 2.60. The molecule has 0 spiro atoms. The standard InChI is InChI=1S/C4H7NO4S/c5-10(8,9)4(1-2-4)3(6)7/h1-2H2,(H,6,7)(H2,5,8,9). The first-order valence-electron chi connectivity index (χ1n) is 2.66. The fraction of sp³-hybridized carbons (Fsp3) is 0.750. The van der Waals surface area contributed by atoms with E-state index in [-0.39, 0.29) is 12.8 Å². The smallest absolute Gasteiger partial charge is 0.326 e. The van der Waals surface area contributed by atoms with Crippen molar-refractivity contribution in [2.45, 2.75) is 17.6 Å². The molecule has 0 atom stereocenters. The minimum Gasteiger partial charge on any atom is -0.480 e. The maximum absolute atomic E-state index is 10.6. The Morgan fingerprint density at radius 2 is 1.90 bits per heavy atom. The Kier molecular flexibility index (Phi) is 1.27. The summed E-state index contributed by atoms with van der Waals surface area (Å²) in [6.07, 6.45) is 0.280. The predicted molar refractivity (Wildman–Crippen MR) is 32.7 cm³/mol. The van der Waals surface area contributed by atoms with Crippen molar-refractivity contribution in [1.29, 1.82) is 0 Å². The van der Waals surface area contributed by atoms with Gasteiger partial charge < -0.3 is 5.11 Å². The summed E-state index contributed by atoms with van der Waals surface area (Å²) < 4.78 is 19.5. The molecule has 10 heavy (non-hydrogen) atoms. The first kappa shape index (κ1) is 7.49. The maximum Gasteiger partial charge on any atom is 0.326 e. The molecule has 0 saturated heterocycles. The van der Waals surface area contributed by atoms with Gasteiger partial charge in [-0.3, -0.25) is 4.79 Å². The summed E-state index contributed by atoms with van der Waals surface area (Å²) in [6.45, 7) is 0. The van der Waals surface area contributed by atoms with E-state index in [0.717, 1.165) is 0 Å². The van der Waals surface area contributed by atoms with Gasteiger partial charge in [-0.05, 0) is 12.8 Å². The van der Waals surface area contributed by atoms with Crippen LogP contribution in [0, 0.1) is 0 Å². The van der Waals surface area contributed by atoms with E-state index in [1.54, 1.807) is 0 Å². The molecule has 0 heterocycles. The molecule has 1 saturated carbocycles. The molecule has 0 aromatic heterocycles. The number of rotatable bonds is 2. The number of carbonyl (C=O) groups is 1. The summed E-state index contributed by atoms with van der Waals surface area (Å²) in [4.78, 5) is 10.3. The third kappa shape index (κ3) is 0.800. The number of nitrogens with two attached hydrogens (primary N) is 1. The Morgan fingerprint density at radius 1 is 1.50 bits per heavy atom. The van der Waals surface area contributed by atoms with Gasteiger partial charge in [0.2, 0.25) is 10.0 Å². The third-order valence-corrected chi connectivity index (χ3v) is 3.31. The van der Waals surface area contributed by atoms with E-state index in [4.69, 9.17) is 5.11 Å². The van der Waals surface area contributed by atoms with E-state index in [2.05, 4.69) is 5.14 Å². The monoisotopic (exact) mass is 165 g/mol. The van der Waals surface area contributed by atoms with Crippen LogP contribution < -0.4 is 5.14 Å². The molecular formula is C4H7NO4S. The van der Waals surface area contributed by atoms with Crippen molar-refractivity contribution in [1.82, 2.24) is 0 Å². The summed E-state index contributed by atoms with van der Waals surface area (Å²) in [5, 5.41) is 13.0. The van der Waals surface area contributed by atoms with Crippen LogP contribution in [0.3, 0.4) is 0 Å². The molecule has 0 radical (unpaired) electrons. The van der Waals surface area contributed by atoms with Crippen molar-refractivity contribution >= 4 is 16.0 Å². The largest absolute Gasteiger partial charge is 0.480 e. The van der Waals surface area contributed by atoms with Crippen molar-refractivity contribution in [3.05, 3.63) is 0 Å². The Labute approximate surface area is 57.9 Å². The van der Waals surface area contributed by atoms with Gasteiger partial charge in [0, 0.05) is 0 Å². The Morgan fingerprint density at radius 3 is 1.90 bits per heavy atom. The number of hydrogen-bond acceptors (Lipinski definition) is 3. The van der Waals surface area contributed by atoms with Crippen molar-refractivity contribution < 1.29 is 18.3 Å². The summed E-state index contributed by atoms with van der Waals surface area (Å²) in [5.41, 5.74) is 0. The zero-order valence-electron chi connectivity index (χ0n) is 5.07. The number of hydrogen-bond donors (Lipinski definition) is 2. The van der Waals surface area contributed by atoms with Gasteiger partial charge in [0.25, 0.3) is 0 Å². The summed E-state index contributed by atoms with van der Waals surface area (Å²) in [6, 6.07) is 0. The number of carboxylic acid groups (broad SMARTS) is 1. The van der Waals surface area contributed by atoms with E-state index in [1.165, 1.54) is 0 Å².